The molecule has 1 aromatic heterocycles. The summed E-state index contributed by atoms with van der Waals surface area (Å²) in [5.41, 5.74) is 0.554. The molecule has 2 N–H and O–H groups in total. The van der Waals surface area contributed by atoms with Crippen molar-refractivity contribution in [2.75, 3.05) is 0 Å². The Kier molecular flexibility index (Phi) is 4.47. The molecule has 0 radical (unpaired) electrons. The van der Waals surface area contributed by atoms with Gasteiger partial charge in [0.15, 0.2) is 0 Å². The summed E-state index contributed by atoms with van der Waals surface area (Å²) in [4.78, 5) is 23.4. The minimum Gasteiger partial charge on any atom is -0.481 e. The van der Waals surface area contributed by atoms with E-state index in [4.69, 9.17) is 5.11 Å². The average molecular weight is 293 g/mol. The Balaban J connectivity index is 2.17. The fourth-order valence-corrected chi connectivity index (χ4v) is 2.39. The van der Waals surface area contributed by atoms with Gasteiger partial charge in [0.25, 0.3) is 5.91 Å². The van der Waals surface area contributed by atoms with Crippen LogP contribution in [0.5, 0.6) is 0 Å². The molecule has 0 aliphatic heterocycles. The fourth-order valence-electron chi connectivity index (χ4n) is 1.76. The summed E-state index contributed by atoms with van der Waals surface area (Å²) in [5, 5.41) is 13.3. The fraction of sp³-hybridized carbons (Fsp3) is 0.143. The number of halogens is 1. The third-order valence-corrected chi connectivity index (χ3v) is 3.57. The SMILES string of the molecule is O=C(O)C[C@@H](NC(=O)c1cccs1)c1ccc(F)cc1. The molecule has 0 saturated carbocycles. The molecule has 0 saturated heterocycles. The van der Waals surface area contributed by atoms with Crippen LogP contribution in [0.4, 0.5) is 4.39 Å². The minimum absolute atomic E-state index is 0.261. The summed E-state index contributed by atoms with van der Waals surface area (Å²) in [5.74, 6) is -1.78. The molecule has 1 aromatic carbocycles. The van der Waals surface area contributed by atoms with Gasteiger partial charge in [-0.3, -0.25) is 9.59 Å². The third-order valence-electron chi connectivity index (χ3n) is 2.70. The van der Waals surface area contributed by atoms with Gasteiger partial charge in [-0.15, -0.1) is 11.3 Å². The number of carbonyl (C=O) groups excluding carboxylic acids is 1. The van der Waals surface area contributed by atoms with Crippen LogP contribution in [0.2, 0.25) is 0 Å². The second kappa shape index (κ2) is 6.29. The molecular formula is C14H12FNO3S. The molecule has 4 nitrogen and oxygen atoms in total. The van der Waals surface area contributed by atoms with E-state index in [1.54, 1.807) is 17.5 Å². The van der Waals surface area contributed by atoms with Gasteiger partial charge < -0.3 is 10.4 Å². The Hall–Kier alpha value is -2.21. The van der Waals surface area contributed by atoms with Crippen molar-refractivity contribution < 1.29 is 19.1 Å². The molecule has 20 heavy (non-hydrogen) atoms. The van der Waals surface area contributed by atoms with Crippen LogP contribution in [0.25, 0.3) is 0 Å². The maximum atomic E-state index is 12.9. The highest BCUT2D eigenvalue weighted by molar-refractivity contribution is 7.12. The molecule has 0 spiro atoms. The number of hydrogen-bond donors (Lipinski definition) is 2. The Morgan fingerprint density at radius 3 is 2.50 bits per heavy atom. The number of carboxylic acid groups (broad SMARTS) is 1. The Morgan fingerprint density at radius 2 is 1.95 bits per heavy atom. The lowest BCUT2D eigenvalue weighted by atomic mass is 10.0. The zero-order valence-corrected chi connectivity index (χ0v) is 11.2. The van der Waals surface area contributed by atoms with Crippen LogP contribution >= 0.6 is 11.3 Å². The van der Waals surface area contributed by atoms with E-state index >= 15 is 0 Å². The van der Waals surface area contributed by atoms with E-state index in [2.05, 4.69) is 5.32 Å². The molecule has 104 valence electrons. The van der Waals surface area contributed by atoms with Gasteiger partial charge in [-0.05, 0) is 29.1 Å². The number of hydrogen-bond acceptors (Lipinski definition) is 3. The van der Waals surface area contributed by atoms with Gasteiger partial charge in [0.05, 0.1) is 17.3 Å². The van der Waals surface area contributed by atoms with Crippen molar-refractivity contribution in [3.05, 3.63) is 58.0 Å². The molecule has 1 amide bonds. The molecule has 2 rings (SSSR count). The van der Waals surface area contributed by atoms with Crippen molar-refractivity contribution in [2.45, 2.75) is 12.5 Å². The maximum Gasteiger partial charge on any atom is 0.305 e. The summed E-state index contributed by atoms with van der Waals surface area (Å²) in [6.07, 6.45) is -0.261. The van der Waals surface area contributed by atoms with Gasteiger partial charge in [-0.1, -0.05) is 18.2 Å². The summed E-state index contributed by atoms with van der Waals surface area (Å²) in [6.45, 7) is 0. The first kappa shape index (κ1) is 14.2. The lowest BCUT2D eigenvalue weighted by Crippen LogP contribution is -2.29. The van der Waals surface area contributed by atoms with Crippen molar-refractivity contribution in [3.63, 3.8) is 0 Å². The summed E-state index contributed by atoms with van der Waals surface area (Å²) < 4.78 is 12.9. The van der Waals surface area contributed by atoms with Gasteiger partial charge in [-0.25, -0.2) is 4.39 Å². The lowest BCUT2D eigenvalue weighted by molar-refractivity contribution is -0.137. The molecule has 6 heteroatoms. The first-order chi connectivity index (χ1) is 9.56. The monoisotopic (exact) mass is 293 g/mol. The van der Waals surface area contributed by atoms with Gasteiger partial charge in [-0.2, -0.15) is 0 Å². The Morgan fingerprint density at radius 1 is 1.25 bits per heavy atom. The van der Waals surface area contributed by atoms with E-state index in [9.17, 15) is 14.0 Å². The predicted octanol–water partition coefficient (Wildman–Crippen LogP) is 2.83. The van der Waals surface area contributed by atoms with Gasteiger partial charge >= 0.3 is 5.97 Å². The number of thiophene rings is 1. The highest BCUT2D eigenvalue weighted by Crippen LogP contribution is 2.19. The van der Waals surface area contributed by atoms with E-state index in [1.807, 2.05) is 0 Å². The standard InChI is InChI=1S/C14H12FNO3S/c15-10-5-3-9(4-6-10)11(8-13(17)18)16-14(19)12-2-1-7-20-12/h1-7,11H,8H2,(H,16,19)(H,17,18)/t11-/m1/s1. The number of nitrogens with one attached hydrogen (secondary N) is 1. The van der Waals surface area contributed by atoms with E-state index in [1.165, 1.54) is 35.6 Å². The molecule has 1 atom stereocenters. The van der Waals surface area contributed by atoms with Crippen LogP contribution in [-0.2, 0) is 4.79 Å². The van der Waals surface area contributed by atoms with Crippen LogP contribution < -0.4 is 5.32 Å². The zero-order valence-electron chi connectivity index (χ0n) is 10.4. The average Bonchev–Trinajstić information content (AvgIpc) is 2.92. The zero-order chi connectivity index (χ0) is 14.5. The van der Waals surface area contributed by atoms with Crippen LogP contribution in [0, 0.1) is 5.82 Å². The van der Waals surface area contributed by atoms with E-state index in [0.717, 1.165) is 0 Å². The number of aliphatic carboxylic acids is 1. The quantitative estimate of drug-likeness (QED) is 0.891. The van der Waals surface area contributed by atoms with Gasteiger partial charge in [0.1, 0.15) is 5.82 Å². The van der Waals surface area contributed by atoms with Crippen molar-refractivity contribution in [1.29, 1.82) is 0 Å². The predicted molar refractivity (Wildman–Crippen MR) is 73.2 cm³/mol. The number of carbonyl (C=O) groups is 2. The lowest BCUT2D eigenvalue weighted by Gasteiger charge is -2.17. The highest BCUT2D eigenvalue weighted by atomic mass is 32.1. The molecule has 0 bridgehead atoms. The van der Waals surface area contributed by atoms with Gasteiger partial charge in [0.2, 0.25) is 0 Å². The second-order valence-corrected chi connectivity index (χ2v) is 5.10. The molecule has 2 aromatic rings. The van der Waals surface area contributed by atoms with E-state index in [0.29, 0.717) is 10.4 Å². The smallest absolute Gasteiger partial charge is 0.305 e. The normalized spacial score (nSPS) is 11.8. The molecule has 0 fully saturated rings. The largest absolute Gasteiger partial charge is 0.481 e. The van der Waals surface area contributed by atoms with Crippen molar-refractivity contribution in [3.8, 4) is 0 Å². The van der Waals surface area contributed by atoms with Crippen LogP contribution in [0.1, 0.15) is 27.7 Å². The Bertz CT molecular complexity index is 595. The van der Waals surface area contributed by atoms with Crippen LogP contribution in [-0.4, -0.2) is 17.0 Å². The molecular weight excluding hydrogens is 281 g/mol. The van der Waals surface area contributed by atoms with E-state index < -0.39 is 17.8 Å². The first-order valence-corrected chi connectivity index (χ1v) is 6.76. The van der Waals surface area contributed by atoms with Crippen molar-refractivity contribution in [2.24, 2.45) is 0 Å². The number of amides is 1. The first-order valence-electron chi connectivity index (χ1n) is 5.88. The summed E-state index contributed by atoms with van der Waals surface area (Å²) in [6, 6.07) is 8.12. The van der Waals surface area contributed by atoms with Crippen molar-refractivity contribution in [1.82, 2.24) is 5.32 Å². The molecule has 1 heterocycles. The van der Waals surface area contributed by atoms with Crippen LogP contribution in [0.15, 0.2) is 41.8 Å². The summed E-state index contributed by atoms with van der Waals surface area (Å²) in [7, 11) is 0. The maximum absolute atomic E-state index is 12.9. The molecule has 0 aliphatic rings. The highest BCUT2D eigenvalue weighted by Gasteiger charge is 2.19. The minimum atomic E-state index is -1.04. The van der Waals surface area contributed by atoms with Crippen molar-refractivity contribution >= 4 is 23.2 Å². The number of rotatable bonds is 5. The van der Waals surface area contributed by atoms with E-state index in [-0.39, 0.29) is 12.3 Å². The Labute approximate surface area is 118 Å². The summed E-state index contributed by atoms with van der Waals surface area (Å²) >= 11 is 1.27. The molecule has 0 aliphatic carbocycles. The second-order valence-electron chi connectivity index (χ2n) is 4.15. The van der Waals surface area contributed by atoms with Crippen LogP contribution in [0.3, 0.4) is 0 Å². The third kappa shape index (κ3) is 3.64. The number of benzene rings is 1. The van der Waals surface area contributed by atoms with Gasteiger partial charge in [0, 0.05) is 0 Å². The topological polar surface area (TPSA) is 66.4 Å². The number of carboxylic acids is 1. The molecule has 0 unspecified atom stereocenters.